The average Bonchev–Trinajstić information content (AvgIpc) is 3.25. The van der Waals surface area contributed by atoms with Crippen molar-refractivity contribution in [2.45, 2.75) is 31.9 Å². The van der Waals surface area contributed by atoms with Crippen LogP contribution in [0.3, 0.4) is 0 Å². The first-order valence-electron chi connectivity index (χ1n) is 9.67. The highest BCUT2D eigenvalue weighted by atomic mass is 32.2. The Labute approximate surface area is 175 Å². The molecule has 2 amide bonds. The second kappa shape index (κ2) is 8.93. The van der Waals surface area contributed by atoms with Crippen LogP contribution in [-0.2, 0) is 14.8 Å². The van der Waals surface area contributed by atoms with Crippen molar-refractivity contribution >= 4 is 21.8 Å². The van der Waals surface area contributed by atoms with Crippen molar-refractivity contribution in [1.82, 2.24) is 15.2 Å². The number of nitrogens with one attached hydrogen (secondary N) is 2. The minimum atomic E-state index is -3.92. The van der Waals surface area contributed by atoms with Crippen molar-refractivity contribution in [3.05, 3.63) is 59.4 Å². The molecule has 0 aromatic heterocycles. The van der Waals surface area contributed by atoms with Gasteiger partial charge in [-0.05, 0) is 42.2 Å². The lowest BCUT2D eigenvalue weighted by Crippen LogP contribution is -2.47. The van der Waals surface area contributed by atoms with Crippen molar-refractivity contribution in [2.75, 3.05) is 13.1 Å². The van der Waals surface area contributed by atoms with Crippen LogP contribution in [0.4, 0.5) is 4.39 Å². The average molecular weight is 434 g/mol. The van der Waals surface area contributed by atoms with Gasteiger partial charge in [-0.1, -0.05) is 37.3 Å². The summed E-state index contributed by atoms with van der Waals surface area (Å²) in [6, 6.07) is 12.2. The second-order valence-electron chi connectivity index (χ2n) is 7.23. The van der Waals surface area contributed by atoms with Gasteiger partial charge in [0.05, 0.1) is 10.8 Å². The zero-order chi connectivity index (χ0) is 21.9. The van der Waals surface area contributed by atoms with Crippen LogP contribution in [0.25, 0.3) is 11.1 Å². The number of carbonyl (C=O) groups excluding carboxylic acids is 2. The van der Waals surface area contributed by atoms with Crippen molar-refractivity contribution in [3.63, 3.8) is 0 Å². The molecule has 0 saturated carbocycles. The summed E-state index contributed by atoms with van der Waals surface area (Å²) in [4.78, 5) is 27.8. The highest BCUT2D eigenvalue weighted by Gasteiger charge is 2.35. The fraction of sp³-hybridized carbons (Fsp3) is 0.333. The zero-order valence-corrected chi connectivity index (χ0v) is 17.6. The topological polar surface area (TPSA) is 95.6 Å². The lowest BCUT2D eigenvalue weighted by molar-refractivity contribution is -0.129. The molecular weight excluding hydrogens is 409 g/mol. The molecule has 1 unspecified atom stereocenters. The Balaban J connectivity index is 1.73. The fourth-order valence-corrected chi connectivity index (χ4v) is 4.63. The third kappa shape index (κ3) is 4.68. The molecule has 9 heteroatoms. The van der Waals surface area contributed by atoms with E-state index in [0.29, 0.717) is 18.5 Å². The molecule has 30 heavy (non-hydrogen) atoms. The van der Waals surface area contributed by atoms with Gasteiger partial charge in [-0.3, -0.25) is 15.0 Å². The maximum Gasteiger partial charge on any atom is 0.269 e. The number of hydrogen-bond acceptors (Lipinski definition) is 4. The Morgan fingerprint density at radius 2 is 1.87 bits per heavy atom. The Morgan fingerprint density at radius 3 is 2.53 bits per heavy atom. The van der Waals surface area contributed by atoms with Gasteiger partial charge in [0.2, 0.25) is 15.9 Å². The molecule has 2 aromatic carbocycles. The number of sulfonamides is 1. The smallest absolute Gasteiger partial charge is 0.269 e. The van der Waals surface area contributed by atoms with E-state index in [0.717, 1.165) is 5.56 Å². The monoisotopic (exact) mass is 433 g/mol. The van der Waals surface area contributed by atoms with E-state index < -0.39 is 27.0 Å². The van der Waals surface area contributed by atoms with Gasteiger partial charge in [0.25, 0.3) is 5.91 Å². The molecule has 1 fully saturated rings. The van der Waals surface area contributed by atoms with Gasteiger partial charge in [-0.25, -0.2) is 12.8 Å². The van der Waals surface area contributed by atoms with Crippen molar-refractivity contribution < 1.29 is 22.4 Å². The Kier molecular flexibility index (Phi) is 6.52. The van der Waals surface area contributed by atoms with Crippen LogP contribution >= 0.6 is 0 Å². The Bertz CT molecular complexity index is 1060. The first-order chi connectivity index (χ1) is 14.2. The zero-order valence-electron chi connectivity index (χ0n) is 16.8. The predicted molar refractivity (Wildman–Crippen MR) is 111 cm³/mol. The fourth-order valence-electron chi connectivity index (χ4n) is 3.43. The van der Waals surface area contributed by atoms with Gasteiger partial charge in [0, 0.05) is 19.5 Å². The van der Waals surface area contributed by atoms with Crippen LogP contribution in [0.5, 0.6) is 0 Å². The molecule has 3 rings (SSSR count). The highest BCUT2D eigenvalue weighted by Crippen LogP contribution is 2.25. The summed E-state index contributed by atoms with van der Waals surface area (Å²) in [6.07, 6.45) is 0.571. The van der Waals surface area contributed by atoms with E-state index in [1.54, 1.807) is 19.9 Å². The van der Waals surface area contributed by atoms with E-state index in [-0.39, 0.29) is 30.0 Å². The summed E-state index contributed by atoms with van der Waals surface area (Å²) in [5.41, 5.74) is 3.57. The van der Waals surface area contributed by atoms with Gasteiger partial charge < -0.3 is 4.90 Å². The largest absolute Gasteiger partial charge is 0.341 e. The maximum atomic E-state index is 14.6. The van der Waals surface area contributed by atoms with Crippen LogP contribution in [0.2, 0.25) is 0 Å². The van der Waals surface area contributed by atoms with Crippen LogP contribution < -0.4 is 10.3 Å². The number of halogens is 1. The third-order valence-electron chi connectivity index (χ3n) is 5.15. The van der Waals surface area contributed by atoms with Gasteiger partial charge in [0.1, 0.15) is 5.82 Å². The number of hydrazine groups is 1. The van der Waals surface area contributed by atoms with Gasteiger partial charge in [-0.2, -0.15) is 0 Å². The van der Waals surface area contributed by atoms with Crippen LogP contribution in [0, 0.1) is 12.7 Å². The molecule has 1 saturated heterocycles. The Hall–Kier alpha value is -2.78. The van der Waals surface area contributed by atoms with Gasteiger partial charge in [0.15, 0.2) is 0 Å². The number of nitrogens with zero attached hydrogens (tertiary/aromatic N) is 1. The first kappa shape index (κ1) is 21.9. The van der Waals surface area contributed by atoms with E-state index in [9.17, 15) is 22.4 Å². The molecule has 2 N–H and O–H groups in total. The van der Waals surface area contributed by atoms with Crippen molar-refractivity contribution in [1.29, 1.82) is 0 Å². The number of hydrogen-bond donors (Lipinski definition) is 2. The molecule has 0 bridgehead atoms. The number of aryl methyl sites for hydroxylation is 1. The summed E-state index contributed by atoms with van der Waals surface area (Å²) in [7, 11) is -3.92. The summed E-state index contributed by atoms with van der Waals surface area (Å²) >= 11 is 0. The molecule has 0 radical (unpaired) electrons. The lowest BCUT2D eigenvalue weighted by atomic mass is 9.99. The highest BCUT2D eigenvalue weighted by molar-refractivity contribution is 7.90. The summed E-state index contributed by atoms with van der Waals surface area (Å²) in [5.74, 6) is -1.73. The number of amides is 2. The maximum absolute atomic E-state index is 14.6. The third-order valence-corrected chi connectivity index (χ3v) is 6.80. The number of carbonyl (C=O) groups is 2. The quantitative estimate of drug-likeness (QED) is 0.684. The van der Waals surface area contributed by atoms with E-state index in [4.69, 9.17) is 0 Å². The van der Waals surface area contributed by atoms with Crippen LogP contribution in [0.1, 0.15) is 35.7 Å². The summed E-state index contributed by atoms with van der Waals surface area (Å²) < 4.78 is 39.6. The van der Waals surface area contributed by atoms with E-state index in [1.807, 2.05) is 30.3 Å². The molecule has 160 valence electrons. The number of benzene rings is 2. The predicted octanol–water partition coefficient (Wildman–Crippen LogP) is 2.38. The molecule has 0 aliphatic carbocycles. The molecule has 2 aromatic rings. The molecular formula is C21H24FN3O4S. The lowest BCUT2D eigenvalue weighted by Gasteiger charge is -2.17. The van der Waals surface area contributed by atoms with Crippen molar-refractivity contribution in [2.24, 2.45) is 0 Å². The van der Waals surface area contributed by atoms with Crippen molar-refractivity contribution in [3.8, 4) is 11.1 Å². The SMILES string of the molecule is CCC(=O)N1CCC(S(=O)(=O)NNC(=O)c2cc(-c3ccccc3)cc(C)c2F)C1. The molecule has 0 spiro atoms. The molecule has 1 aliphatic rings. The number of rotatable bonds is 6. The van der Waals surface area contributed by atoms with Crippen LogP contribution in [0.15, 0.2) is 42.5 Å². The summed E-state index contributed by atoms with van der Waals surface area (Å²) in [5, 5.41) is -0.837. The second-order valence-corrected chi connectivity index (χ2v) is 9.19. The van der Waals surface area contributed by atoms with E-state index in [1.165, 1.54) is 11.0 Å². The number of likely N-dealkylation sites (tertiary alicyclic amines) is 1. The molecule has 1 atom stereocenters. The first-order valence-corrected chi connectivity index (χ1v) is 11.2. The van der Waals surface area contributed by atoms with E-state index in [2.05, 4.69) is 10.3 Å². The molecule has 7 nitrogen and oxygen atoms in total. The van der Waals surface area contributed by atoms with Gasteiger partial charge in [-0.15, -0.1) is 4.83 Å². The molecule has 1 heterocycles. The minimum Gasteiger partial charge on any atom is -0.341 e. The Morgan fingerprint density at radius 1 is 1.17 bits per heavy atom. The standard InChI is InChI=1S/C21H24FN3O4S/c1-3-19(26)25-10-9-17(13-25)30(28,29)24-23-21(27)18-12-16(11-14(2)20(18)22)15-7-5-4-6-8-15/h4-8,11-12,17,24H,3,9-10,13H2,1-2H3,(H,23,27). The minimum absolute atomic E-state index is 0.0643. The summed E-state index contributed by atoms with van der Waals surface area (Å²) in [6.45, 7) is 3.66. The van der Waals surface area contributed by atoms with Crippen LogP contribution in [-0.4, -0.2) is 43.5 Å². The molecule has 1 aliphatic heterocycles. The van der Waals surface area contributed by atoms with Gasteiger partial charge >= 0.3 is 0 Å². The normalized spacial score (nSPS) is 16.5. The van der Waals surface area contributed by atoms with E-state index >= 15 is 0 Å².